The Kier molecular flexibility index (Phi) is 5.01. The van der Waals surface area contributed by atoms with Gasteiger partial charge in [-0.05, 0) is 42.6 Å². The lowest BCUT2D eigenvalue weighted by Crippen LogP contribution is -2.14. The van der Waals surface area contributed by atoms with Crippen molar-refractivity contribution in [3.05, 3.63) is 46.7 Å². The quantitative estimate of drug-likeness (QED) is 0.823. The van der Waals surface area contributed by atoms with Crippen LogP contribution in [0.15, 0.2) is 41.8 Å². The fourth-order valence-corrected chi connectivity index (χ4v) is 2.51. The number of hydrogen-bond acceptors (Lipinski definition) is 4. The zero-order chi connectivity index (χ0) is 14.4. The van der Waals surface area contributed by atoms with Crippen molar-refractivity contribution in [1.82, 2.24) is 0 Å². The highest BCUT2D eigenvalue weighted by Crippen LogP contribution is 2.24. The van der Waals surface area contributed by atoms with Crippen LogP contribution in [0.4, 0.5) is 5.69 Å². The van der Waals surface area contributed by atoms with Crippen LogP contribution in [0.25, 0.3) is 0 Å². The van der Waals surface area contributed by atoms with Gasteiger partial charge in [-0.2, -0.15) is 0 Å². The largest absolute Gasteiger partial charge is 0.493 e. The molecule has 1 aromatic heterocycles. The Balaban J connectivity index is 1.86. The molecule has 106 valence electrons. The van der Waals surface area contributed by atoms with E-state index in [1.165, 1.54) is 4.88 Å². The second-order valence-electron chi connectivity index (χ2n) is 4.47. The number of carbonyl (C=O) groups is 1. The maximum Gasteiger partial charge on any atom is 0.220 e. The molecular formula is C15H18N2O2S. The lowest BCUT2D eigenvalue weighted by molar-refractivity contribution is -0.118. The van der Waals surface area contributed by atoms with Crippen LogP contribution in [0.2, 0.25) is 0 Å². The maximum atomic E-state index is 10.6. The summed E-state index contributed by atoms with van der Waals surface area (Å²) in [6, 6.07) is 12.1. The molecule has 0 radical (unpaired) electrons. The van der Waals surface area contributed by atoms with Gasteiger partial charge in [0.15, 0.2) is 0 Å². The Morgan fingerprint density at radius 2 is 2.10 bits per heavy atom. The van der Waals surface area contributed by atoms with Gasteiger partial charge in [0.05, 0.1) is 19.1 Å². The number of thiophene rings is 1. The van der Waals surface area contributed by atoms with Crippen molar-refractivity contribution in [3.8, 4) is 5.75 Å². The summed E-state index contributed by atoms with van der Waals surface area (Å²) in [7, 11) is 0. The summed E-state index contributed by atoms with van der Waals surface area (Å²) in [5.74, 6) is 0.383. The van der Waals surface area contributed by atoms with Gasteiger partial charge in [-0.15, -0.1) is 11.3 Å². The summed E-state index contributed by atoms with van der Waals surface area (Å²) in [6.07, 6.45) is 0.232. The molecule has 1 aromatic carbocycles. The SMILES string of the molecule is CC(Nc1ccc(OCCC(N)=O)cc1)c1cccs1. The monoisotopic (exact) mass is 290 g/mol. The Morgan fingerprint density at radius 3 is 2.70 bits per heavy atom. The van der Waals surface area contributed by atoms with Crippen molar-refractivity contribution < 1.29 is 9.53 Å². The van der Waals surface area contributed by atoms with Gasteiger partial charge >= 0.3 is 0 Å². The van der Waals surface area contributed by atoms with Gasteiger partial charge in [0.2, 0.25) is 5.91 Å². The van der Waals surface area contributed by atoms with Crippen LogP contribution in [0, 0.1) is 0 Å². The molecule has 0 saturated carbocycles. The molecule has 0 saturated heterocycles. The van der Waals surface area contributed by atoms with E-state index in [9.17, 15) is 4.79 Å². The van der Waals surface area contributed by atoms with Crippen LogP contribution in [-0.2, 0) is 4.79 Å². The Morgan fingerprint density at radius 1 is 1.35 bits per heavy atom. The third-order valence-electron chi connectivity index (χ3n) is 2.82. The average Bonchev–Trinajstić information content (AvgIpc) is 2.94. The summed E-state index contributed by atoms with van der Waals surface area (Å²) in [6.45, 7) is 2.44. The lowest BCUT2D eigenvalue weighted by atomic mass is 10.2. The highest BCUT2D eigenvalue weighted by molar-refractivity contribution is 7.10. The molecule has 1 amide bonds. The fraction of sp³-hybridized carbons (Fsp3) is 0.267. The van der Waals surface area contributed by atoms with Crippen molar-refractivity contribution in [2.45, 2.75) is 19.4 Å². The van der Waals surface area contributed by atoms with E-state index in [0.29, 0.717) is 6.61 Å². The molecule has 1 atom stereocenters. The van der Waals surface area contributed by atoms with Gasteiger partial charge in [0.25, 0.3) is 0 Å². The molecule has 4 nitrogen and oxygen atoms in total. The zero-order valence-corrected chi connectivity index (χ0v) is 12.2. The van der Waals surface area contributed by atoms with Gasteiger partial charge in [0.1, 0.15) is 5.75 Å². The van der Waals surface area contributed by atoms with Crippen LogP contribution < -0.4 is 15.8 Å². The van der Waals surface area contributed by atoms with Crippen molar-refractivity contribution in [3.63, 3.8) is 0 Å². The predicted molar refractivity (Wildman–Crippen MR) is 82.1 cm³/mol. The molecule has 5 heteroatoms. The summed E-state index contributed by atoms with van der Waals surface area (Å²) in [5, 5.41) is 5.50. The normalized spacial score (nSPS) is 11.8. The van der Waals surface area contributed by atoms with Crippen LogP contribution in [0.3, 0.4) is 0 Å². The lowest BCUT2D eigenvalue weighted by Gasteiger charge is -2.14. The van der Waals surface area contributed by atoms with Gasteiger partial charge in [-0.1, -0.05) is 6.07 Å². The number of rotatable bonds is 7. The third kappa shape index (κ3) is 4.28. The number of nitrogens with one attached hydrogen (secondary N) is 1. The molecule has 0 aliphatic carbocycles. The summed E-state index contributed by atoms with van der Waals surface area (Å²) in [4.78, 5) is 11.9. The van der Waals surface area contributed by atoms with Crippen molar-refractivity contribution in [2.24, 2.45) is 5.73 Å². The molecule has 1 unspecified atom stereocenters. The number of hydrogen-bond donors (Lipinski definition) is 2. The highest BCUT2D eigenvalue weighted by Gasteiger charge is 2.06. The number of amides is 1. The number of anilines is 1. The topological polar surface area (TPSA) is 64.3 Å². The number of benzene rings is 1. The number of ether oxygens (including phenoxy) is 1. The first-order valence-corrected chi connectivity index (χ1v) is 7.34. The first kappa shape index (κ1) is 14.4. The van der Waals surface area contributed by atoms with Crippen LogP contribution in [0.5, 0.6) is 5.75 Å². The molecule has 1 heterocycles. The minimum atomic E-state index is -0.354. The van der Waals surface area contributed by atoms with E-state index >= 15 is 0 Å². The predicted octanol–water partition coefficient (Wildman–Crippen LogP) is 3.18. The Labute approximate surface area is 122 Å². The summed E-state index contributed by atoms with van der Waals surface area (Å²) >= 11 is 1.74. The smallest absolute Gasteiger partial charge is 0.220 e. The van der Waals surface area contributed by atoms with E-state index in [2.05, 4.69) is 23.7 Å². The maximum absolute atomic E-state index is 10.6. The van der Waals surface area contributed by atoms with Crippen LogP contribution in [-0.4, -0.2) is 12.5 Å². The molecule has 0 fully saturated rings. The van der Waals surface area contributed by atoms with Crippen molar-refractivity contribution in [1.29, 1.82) is 0 Å². The first-order valence-electron chi connectivity index (χ1n) is 6.46. The summed E-state index contributed by atoms with van der Waals surface area (Å²) in [5.41, 5.74) is 6.09. The molecule has 2 aromatic rings. The van der Waals surface area contributed by atoms with Crippen LogP contribution in [0.1, 0.15) is 24.3 Å². The number of carbonyl (C=O) groups excluding carboxylic acids is 1. The van der Waals surface area contributed by atoms with Gasteiger partial charge in [-0.3, -0.25) is 4.79 Å². The molecule has 0 aliphatic rings. The van der Waals surface area contributed by atoms with E-state index in [0.717, 1.165) is 11.4 Å². The van der Waals surface area contributed by atoms with E-state index in [1.54, 1.807) is 11.3 Å². The highest BCUT2D eigenvalue weighted by atomic mass is 32.1. The molecule has 3 N–H and O–H groups in total. The van der Waals surface area contributed by atoms with Gasteiger partial charge in [-0.25, -0.2) is 0 Å². The second-order valence-corrected chi connectivity index (χ2v) is 5.45. The molecule has 0 bridgehead atoms. The van der Waals surface area contributed by atoms with Crippen molar-refractivity contribution in [2.75, 3.05) is 11.9 Å². The Bertz CT molecular complexity index is 538. The molecule has 20 heavy (non-hydrogen) atoms. The van der Waals surface area contributed by atoms with Gasteiger partial charge < -0.3 is 15.8 Å². The molecule has 2 rings (SSSR count). The van der Waals surface area contributed by atoms with Crippen molar-refractivity contribution >= 4 is 22.9 Å². The van der Waals surface area contributed by atoms with E-state index in [-0.39, 0.29) is 18.4 Å². The molecule has 0 aliphatic heterocycles. The van der Waals surface area contributed by atoms with Gasteiger partial charge in [0, 0.05) is 10.6 Å². The molecular weight excluding hydrogens is 272 g/mol. The summed E-state index contributed by atoms with van der Waals surface area (Å²) < 4.78 is 5.42. The molecule has 0 spiro atoms. The third-order valence-corrected chi connectivity index (χ3v) is 3.88. The Hall–Kier alpha value is -2.01. The zero-order valence-electron chi connectivity index (χ0n) is 11.3. The standard InChI is InChI=1S/C15H18N2O2S/c1-11(14-3-2-10-20-14)17-12-4-6-13(7-5-12)19-9-8-15(16)18/h2-7,10-11,17H,8-9H2,1H3,(H2,16,18). The number of primary amides is 1. The minimum absolute atomic E-state index is 0.232. The van der Waals surface area contributed by atoms with Crippen LogP contribution >= 0.6 is 11.3 Å². The van der Waals surface area contributed by atoms with E-state index < -0.39 is 0 Å². The van der Waals surface area contributed by atoms with E-state index in [4.69, 9.17) is 10.5 Å². The average molecular weight is 290 g/mol. The number of nitrogens with two attached hydrogens (primary N) is 1. The van der Waals surface area contributed by atoms with E-state index in [1.807, 2.05) is 30.3 Å². The second kappa shape index (κ2) is 6.96. The minimum Gasteiger partial charge on any atom is -0.493 e. The first-order chi connectivity index (χ1) is 9.65. The fourth-order valence-electron chi connectivity index (χ4n) is 1.78.